The number of piperidine rings is 1. The standard InChI is InChI=1S/C16H20N4O/c17-12-10-14(18-11-12)16(21)19-13-6-2-3-7-15(13)20-8-4-1-5-9-20/h2-3,6-7,10-11,18H,1,4-5,8-9,17H2,(H,19,21). The summed E-state index contributed by atoms with van der Waals surface area (Å²) in [6.45, 7) is 2.09. The van der Waals surface area contributed by atoms with E-state index >= 15 is 0 Å². The molecule has 0 bridgehead atoms. The molecule has 0 unspecified atom stereocenters. The second-order valence-corrected chi connectivity index (χ2v) is 5.37. The summed E-state index contributed by atoms with van der Waals surface area (Å²) in [6, 6.07) is 9.58. The molecule has 4 N–H and O–H groups in total. The SMILES string of the molecule is Nc1c[nH]c(C(=O)Nc2ccccc2N2CCCCC2)c1. The maximum Gasteiger partial charge on any atom is 0.272 e. The molecule has 1 fully saturated rings. The summed E-state index contributed by atoms with van der Waals surface area (Å²) in [7, 11) is 0. The maximum absolute atomic E-state index is 12.2. The highest BCUT2D eigenvalue weighted by Crippen LogP contribution is 2.28. The van der Waals surface area contributed by atoms with Crippen LogP contribution >= 0.6 is 0 Å². The van der Waals surface area contributed by atoms with Crippen molar-refractivity contribution in [3.8, 4) is 0 Å². The molecule has 1 amide bonds. The highest BCUT2D eigenvalue weighted by molar-refractivity contribution is 6.05. The van der Waals surface area contributed by atoms with E-state index in [0.29, 0.717) is 11.4 Å². The molecule has 5 nitrogen and oxygen atoms in total. The Morgan fingerprint density at radius 2 is 1.95 bits per heavy atom. The zero-order valence-corrected chi connectivity index (χ0v) is 11.9. The number of anilines is 3. The van der Waals surface area contributed by atoms with E-state index in [2.05, 4.69) is 21.3 Å². The molecule has 2 aromatic rings. The first-order valence-electron chi connectivity index (χ1n) is 7.33. The number of nitrogen functional groups attached to an aromatic ring is 1. The monoisotopic (exact) mass is 284 g/mol. The third-order valence-corrected chi connectivity index (χ3v) is 3.80. The fourth-order valence-corrected chi connectivity index (χ4v) is 2.72. The van der Waals surface area contributed by atoms with E-state index in [1.54, 1.807) is 12.3 Å². The molecular formula is C16H20N4O. The lowest BCUT2D eigenvalue weighted by molar-refractivity contribution is 0.102. The minimum absolute atomic E-state index is 0.170. The molecule has 1 aliphatic rings. The van der Waals surface area contributed by atoms with Gasteiger partial charge in [0.05, 0.1) is 11.4 Å². The van der Waals surface area contributed by atoms with Crippen molar-refractivity contribution in [1.29, 1.82) is 0 Å². The number of carbonyl (C=O) groups is 1. The largest absolute Gasteiger partial charge is 0.397 e. The lowest BCUT2D eigenvalue weighted by Gasteiger charge is -2.30. The predicted octanol–water partition coefficient (Wildman–Crippen LogP) is 2.84. The Bertz CT molecular complexity index is 629. The van der Waals surface area contributed by atoms with E-state index < -0.39 is 0 Å². The second-order valence-electron chi connectivity index (χ2n) is 5.37. The molecule has 0 radical (unpaired) electrons. The van der Waals surface area contributed by atoms with Crippen molar-refractivity contribution in [1.82, 2.24) is 4.98 Å². The van der Waals surface area contributed by atoms with Crippen molar-refractivity contribution >= 4 is 23.0 Å². The van der Waals surface area contributed by atoms with Crippen LogP contribution in [-0.4, -0.2) is 24.0 Å². The Hall–Kier alpha value is -2.43. The summed E-state index contributed by atoms with van der Waals surface area (Å²) in [5.41, 5.74) is 8.60. The molecule has 21 heavy (non-hydrogen) atoms. The van der Waals surface area contributed by atoms with Gasteiger partial charge in [-0.15, -0.1) is 0 Å². The summed E-state index contributed by atoms with van der Waals surface area (Å²) >= 11 is 0. The van der Waals surface area contributed by atoms with Crippen LogP contribution in [0.5, 0.6) is 0 Å². The van der Waals surface area contributed by atoms with Gasteiger partial charge in [0.15, 0.2) is 0 Å². The number of hydrogen-bond donors (Lipinski definition) is 3. The fourth-order valence-electron chi connectivity index (χ4n) is 2.72. The van der Waals surface area contributed by atoms with Crippen molar-refractivity contribution in [2.45, 2.75) is 19.3 Å². The van der Waals surface area contributed by atoms with Gasteiger partial charge in [0.1, 0.15) is 5.69 Å². The third kappa shape index (κ3) is 3.02. The van der Waals surface area contributed by atoms with Crippen LogP contribution in [0.25, 0.3) is 0 Å². The molecular weight excluding hydrogens is 264 g/mol. The normalized spacial score (nSPS) is 15.0. The van der Waals surface area contributed by atoms with Crippen LogP contribution in [0.15, 0.2) is 36.5 Å². The number of H-pyrrole nitrogens is 1. The van der Waals surface area contributed by atoms with E-state index in [1.807, 2.05) is 18.2 Å². The molecule has 0 atom stereocenters. The van der Waals surface area contributed by atoms with Crippen molar-refractivity contribution in [2.75, 3.05) is 29.0 Å². The molecule has 0 spiro atoms. The third-order valence-electron chi connectivity index (χ3n) is 3.80. The fraction of sp³-hybridized carbons (Fsp3) is 0.312. The smallest absolute Gasteiger partial charge is 0.272 e. The molecule has 0 aliphatic carbocycles. The van der Waals surface area contributed by atoms with Crippen LogP contribution in [0, 0.1) is 0 Å². The number of carbonyl (C=O) groups excluding carboxylic acids is 1. The van der Waals surface area contributed by atoms with Gasteiger partial charge < -0.3 is 20.9 Å². The molecule has 0 saturated carbocycles. The number of amides is 1. The predicted molar refractivity (Wildman–Crippen MR) is 85.7 cm³/mol. The Morgan fingerprint density at radius 1 is 1.19 bits per heavy atom. The van der Waals surface area contributed by atoms with Gasteiger partial charge >= 0.3 is 0 Å². The minimum atomic E-state index is -0.170. The molecule has 1 aromatic carbocycles. The summed E-state index contributed by atoms with van der Waals surface area (Å²) in [6.07, 6.45) is 5.31. The lowest BCUT2D eigenvalue weighted by Crippen LogP contribution is -2.30. The van der Waals surface area contributed by atoms with E-state index in [0.717, 1.165) is 24.5 Å². The number of nitrogens with zero attached hydrogens (tertiary/aromatic N) is 1. The van der Waals surface area contributed by atoms with Gasteiger partial charge in [0.2, 0.25) is 0 Å². The van der Waals surface area contributed by atoms with Crippen molar-refractivity contribution in [3.63, 3.8) is 0 Å². The van der Waals surface area contributed by atoms with Gasteiger partial charge in [0.25, 0.3) is 5.91 Å². The number of aromatic amines is 1. The molecule has 5 heteroatoms. The summed E-state index contributed by atoms with van der Waals surface area (Å²) in [5, 5.41) is 2.97. The molecule has 1 aromatic heterocycles. The first-order valence-corrected chi connectivity index (χ1v) is 7.33. The molecule has 2 heterocycles. The highest BCUT2D eigenvalue weighted by atomic mass is 16.1. The van der Waals surface area contributed by atoms with Crippen molar-refractivity contribution in [2.24, 2.45) is 0 Å². The van der Waals surface area contributed by atoms with Gasteiger partial charge in [-0.3, -0.25) is 4.79 Å². The molecule has 3 rings (SSSR count). The quantitative estimate of drug-likeness (QED) is 0.811. The van der Waals surface area contributed by atoms with Gasteiger partial charge in [0, 0.05) is 25.0 Å². The van der Waals surface area contributed by atoms with Gasteiger partial charge in [-0.2, -0.15) is 0 Å². The average molecular weight is 284 g/mol. The first kappa shape index (κ1) is 13.5. The number of nitrogens with one attached hydrogen (secondary N) is 2. The van der Waals surface area contributed by atoms with Gasteiger partial charge in [-0.05, 0) is 37.5 Å². The van der Waals surface area contributed by atoms with Crippen LogP contribution in [0.3, 0.4) is 0 Å². The number of hydrogen-bond acceptors (Lipinski definition) is 3. The number of para-hydroxylation sites is 2. The van der Waals surface area contributed by atoms with Crippen molar-refractivity contribution in [3.05, 3.63) is 42.2 Å². The maximum atomic E-state index is 12.2. The number of nitrogens with two attached hydrogens (primary N) is 1. The zero-order valence-electron chi connectivity index (χ0n) is 11.9. The minimum Gasteiger partial charge on any atom is -0.397 e. The summed E-state index contributed by atoms with van der Waals surface area (Å²) in [5.74, 6) is -0.170. The Morgan fingerprint density at radius 3 is 2.67 bits per heavy atom. The number of benzene rings is 1. The summed E-state index contributed by atoms with van der Waals surface area (Å²) < 4.78 is 0. The average Bonchev–Trinajstić information content (AvgIpc) is 2.95. The number of rotatable bonds is 3. The van der Waals surface area contributed by atoms with Crippen LogP contribution in [0.2, 0.25) is 0 Å². The highest BCUT2D eigenvalue weighted by Gasteiger charge is 2.16. The topological polar surface area (TPSA) is 74.1 Å². The molecule has 1 aliphatic heterocycles. The van der Waals surface area contributed by atoms with Crippen LogP contribution in [0.4, 0.5) is 17.1 Å². The zero-order chi connectivity index (χ0) is 14.7. The van der Waals surface area contributed by atoms with Crippen LogP contribution in [0.1, 0.15) is 29.8 Å². The molecule has 110 valence electrons. The van der Waals surface area contributed by atoms with Crippen molar-refractivity contribution < 1.29 is 4.79 Å². The lowest BCUT2D eigenvalue weighted by atomic mass is 10.1. The van der Waals surface area contributed by atoms with Gasteiger partial charge in [-0.1, -0.05) is 12.1 Å². The van der Waals surface area contributed by atoms with Crippen LogP contribution in [-0.2, 0) is 0 Å². The van der Waals surface area contributed by atoms with Gasteiger partial charge in [-0.25, -0.2) is 0 Å². The van der Waals surface area contributed by atoms with Crippen LogP contribution < -0.4 is 16.0 Å². The second kappa shape index (κ2) is 5.91. The Balaban J connectivity index is 1.80. The molecule has 1 saturated heterocycles. The number of aromatic nitrogens is 1. The summed E-state index contributed by atoms with van der Waals surface area (Å²) in [4.78, 5) is 17.5. The Kier molecular flexibility index (Phi) is 3.81. The first-order chi connectivity index (χ1) is 10.2. The van der Waals surface area contributed by atoms with E-state index in [-0.39, 0.29) is 5.91 Å². The van der Waals surface area contributed by atoms with E-state index in [4.69, 9.17) is 5.73 Å². The van der Waals surface area contributed by atoms with E-state index in [1.165, 1.54) is 19.3 Å². The Labute approximate surface area is 124 Å². The van der Waals surface area contributed by atoms with E-state index in [9.17, 15) is 4.79 Å².